The van der Waals surface area contributed by atoms with Crippen molar-refractivity contribution in [1.29, 1.82) is 0 Å². The molecule has 0 bridgehead atoms. The Morgan fingerprint density at radius 3 is 2.30 bits per heavy atom. The molecule has 0 spiro atoms. The van der Waals surface area contributed by atoms with Gasteiger partial charge in [-0.25, -0.2) is 4.79 Å². The minimum absolute atomic E-state index is 0.281. The predicted octanol–water partition coefficient (Wildman–Crippen LogP) is 5.61. The van der Waals surface area contributed by atoms with E-state index in [4.69, 9.17) is 26.8 Å². The Balaban J connectivity index is 0.000000310. The molecule has 0 saturated heterocycles. The molecular weight excluding hydrogens is 408 g/mol. The van der Waals surface area contributed by atoms with E-state index in [2.05, 4.69) is 5.32 Å². The van der Waals surface area contributed by atoms with Crippen LogP contribution in [-0.4, -0.2) is 24.3 Å². The number of methoxy groups -OCH3 is 1. The van der Waals surface area contributed by atoms with Crippen molar-refractivity contribution in [2.24, 2.45) is 0 Å². The number of hydrogen-bond acceptors (Lipinski definition) is 4. The van der Waals surface area contributed by atoms with Crippen molar-refractivity contribution in [1.82, 2.24) is 0 Å². The molecule has 0 fully saturated rings. The maximum Gasteiger partial charge on any atom is 0.507 e. The first-order valence-electron chi connectivity index (χ1n) is 8.82. The second-order valence-corrected chi connectivity index (χ2v) is 6.70. The highest BCUT2D eigenvalue weighted by Gasteiger charge is 2.54. The molecule has 3 aromatic carbocycles. The number of para-hydroxylation sites is 1. The molecule has 7 nitrogen and oxygen atoms in total. The van der Waals surface area contributed by atoms with Gasteiger partial charge in [-0.3, -0.25) is 4.79 Å². The predicted molar refractivity (Wildman–Crippen MR) is 113 cm³/mol. The van der Waals surface area contributed by atoms with Gasteiger partial charge in [0.15, 0.2) is 0 Å². The molecule has 0 saturated carbocycles. The smallest absolute Gasteiger partial charge is 0.507 e. The molecule has 3 N–H and O–H groups in total. The normalized spacial score (nSPS) is 16.5. The number of carbonyl (C=O) groups excluding carboxylic acids is 1. The molecule has 1 aliphatic rings. The summed E-state index contributed by atoms with van der Waals surface area (Å²) < 4.78 is 10.4. The molecule has 3 aromatic rings. The fourth-order valence-corrected chi connectivity index (χ4v) is 3.35. The first-order chi connectivity index (χ1) is 14.4. The molecule has 1 heterocycles. The molecule has 30 heavy (non-hydrogen) atoms. The van der Waals surface area contributed by atoms with Crippen LogP contribution in [0.15, 0.2) is 72.8 Å². The van der Waals surface area contributed by atoms with Crippen LogP contribution in [0.25, 0.3) is 5.73 Å². The lowest BCUT2D eigenvalue weighted by molar-refractivity contribution is -0.131. The summed E-state index contributed by atoms with van der Waals surface area (Å²) in [6.45, 7) is 0. The number of carbonyl (C=O) groups is 2. The van der Waals surface area contributed by atoms with Gasteiger partial charge in [-0.05, 0) is 24.3 Å². The second-order valence-electron chi connectivity index (χ2n) is 6.26. The number of carboxylic acid groups (broad SMARTS) is 1. The number of rotatable bonds is 3. The number of halogens is 1. The van der Waals surface area contributed by atoms with Crippen molar-refractivity contribution in [3.8, 4) is 5.75 Å². The Kier molecular flexibility index (Phi) is 6.13. The standard InChI is InChI=1S/C16H12ClNO5.C6H6N/c1-22-13-5-3-2-4-10(13)16(23-15(20)21)11-8-9(17)6-7-12(11)18-14(16)19;7-6-4-2-1-3-5-6/h2-8H,1H3,(H,18,19)(H,20,21);1-5,7H/q;-1. The van der Waals surface area contributed by atoms with Crippen molar-refractivity contribution in [3.63, 3.8) is 0 Å². The van der Waals surface area contributed by atoms with E-state index in [1.807, 2.05) is 18.2 Å². The molecule has 4 rings (SSSR count). The lowest BCUT2D eigenvalue weighted by atomic mass is 9.86. The number of ether oxygens (including phenoxy) is 2. The van der Waals surface area contributed by atoms with E-state index in [-0.39, 0.29) is 5.56 Å². The first kappa shape index (κ1) is 21.0. The van der Waals surface area contributed by atoms with E-state index in [0.29, 0.717) is 27.7 Å². The molecule has 0 radical (unpaired) electrons. The summed E-state index contributed by atoms with van der Waals surface area (Å²) in [5, 5.41) is 12.2. The van der Waals surface area contributed by atoms with Crippen LogP contribution in [0, 0.1) is 0 Å². The van der Waals surface area contributed by atoms with E-state index in [0.717, 1.165) is 0 Å². The van der Waals surface area contributed by atoms with Crippen molar-refractivity contribution >= 4 is 35.0 Å². The second kappa shape index (κ2) is 8.75. The van der Waals surface area contributed by atoms with E-state index in [1.54, 1.807) is 48.5 Å². The Morgan fingerprint density at radius 1 is 1.03 bits per heavy atom. The summed E-state index contributed by atoms with van der Waals surface area (Å²) in [5.41, 5.74) is 6.73. The molecule has 1 unspecified atom stereocenters. The van der Waals surface area contributed by atoms with Gasteiger partial charge in [0.05, 0.1) is 12.7 Å². The Bertz CT molecular complexity index is 1070. The van der Waals surface area contributed by atoms with Crippen LogP contribution >= 0.6 is 11.6 Å². The highest BCUT2D eigenvalue weighted by atomic mass is 35.5. The number of hydrogen-bond donors (Lipinski definition) is 2. The Hall–Kier alpha value is -3.71. The summed E-state index contributed by atoms with van der Waals surface area (Å²) >= 11 is 6.02. The van der Waals surface area contributed by atoms with Crippen LogP contribution in [0.4, 0.5) is 16.2 Å². The van der Waals surface area contributed by atoms with Crippen LogP contribution in [0.1, 0.15) is 11.1 Å². The van der Waals surface area contributed by atoms with E-state index in [9.17, 15) is 14.7 Å². The molecule has 1 atom stereocenters. The number of benzene rings is 3. The van der Waals surface area contributed by atoms with Crippen molar-refractivity contribution in [3.05, 3.63) is 94.7 Å². The lowest BCUT2D eigenvalue weighted by Crippen LogP contribution is -2.40. The lowest BCUT2D eigenvalue weighted by Gasteiger charge is -2.27. The Morgan fingerprint density at radius 2 is 1.70 bits per heavy atom. The molecule has 0 aromatic heterocycles. The summed E-state index contributed by atoms with van der Waals surface area (Å²) in [4.78, 5) is 24.0. The minimum Gasteiger partial charge on any atom is -0.699 e. The third kappa shape index (κ3) is 4.01. The zero-order valence-corrected chi connectivity index (χ0v) is 16.6. The monoisotopic (exact) mass is 425 g/mol. The SMILES string of the molecule is COc1ccccc1C1(OC(=O)O)C(=O)Nc2ccc(Cl)cc21.[NH-]c1ccccc1. The summed E-state index contributed by atoms with van der Waals surface area (Å²) in [7, 11) is 1.43. The van der Waals surface area contributed by atoms with Gasteiger partial charge in [0, 0.05) is 16.3 Å². The topological polar surface area (TPSA) is 109 Å². The van der Waals surface area contributed by atoms with Gasteiger partial charge >= 0.3 is 6.16 Å². The van der Waals surface area contributed by atoms with Crippen LogP contribution in [0.5, 0.6) is 5.75 Å². The van der Waals surface area contributed by atoms with E-state index in [1.165, 1.54) is 13.2 Å². The fourth-order valence-electron chi connectivity index (χ4n) is 3.18. The molecule has 154 valence electrons. The van der Waals surface area contributed by atoms with Crippen molar-refractivity contribution in [2.45, 2.75) is 5.60 Å². The average molecular weight is 426 g/mol. The maximum absolute atomic E-state index is 12.7. The van der Waals surface area contributed by atoms with Crippen molar-refractivity contribution < 1.29 is 24.2 Å². The van der Waals surface area contributed by atoms with Crippen LogP contribution < -0.4 is 10.1 Å². The largest absolute Gasteiger partial charge is 0.699 e. The van der Waals surface area contributed by atoms with Crippen molar-refractivity contribution in [2.75, 3.05) is 12.4 Å². The summed E-state index contributed by atoms with van der Waals surface area (Å²) in [6, 6.07) is 20.4. The van der Waals surface area contributed by atoms with Gasteiger partial charge in [-0.15, -0.1) is 5.69 Å². The molecule has 1 aliphatic heterocycles. The number of amides is 1. The maximum atomic E-state index is 12.7. The third-order valence-electron chi connectivity index (χ3n) is 4.43. The van der Waals surface area contributed by atoms with E-state index >= 15 is 0 Å². The number of fused-ring (bicyclic) bond motifs is 1. The quantitative estimate of drug-likeness (QED) is 0.530. The van der Waals surface area contributed by atoms with Gasteiger partial charge in [-0.2, -0.15) is 0 Å². The van der Waals surface area contributed by atoms with Gasteiger partial charge in [0.1, 0.15) is 5.75 Å². The van der Waals surface area contributed by atoms with Gasteiger partial charge < -0.3 is 25.6 Å². The molecule has 0 aliphatic carbocycles. The zero-order valence-electron chi connectivity index (χ0n) is 15.9. The highest BCUT2D eigenvalue weighted by Crippen LogP contribution is 2.47. The average Bonchev–Trinajstić information content (AvgIpc) is 3.00. The zero-order chi connectivity index (χ0) is 21.7. The summed E-state index contributed by atoms with van der Waals surface area (Å²) in [5.74, 6) is -0.293. The fraction of sp³-hybridized carbons (Fsp3) is 0.0909. The Labute approximate surface area is 178 Å². The molecule has 8 heteroatoms. The molecular formula is C22H18ClN2O5-. The minimum atomic E-state index is -1.88. The number of nitrogens with one attached hydrogen (secondary N) is 2. The van der Waals surface area contributed by atoms with Gasteiger partial charge in [0.2, 0.25) is 5.60 Å². The van der Waals surface area contributed by atoms with Crippen LogP contribution in [-0.2, 0) is 15.1 Å². The van der Waals surface area contributed by atoms with Gasteiger partial charge in [0.25, 0.3) is 5.91 Å². The third-order valence-corrected chi connectivity index (χ3v) is 4.66. The van der Waals surface area contributed by atoms with E-state index < -0.39 is 17.7 Å². The number of anilines is 1. The van der Waals surface area contributed by atoms with Crippen LogP contribution in [0.2, 0.25) is 5.02 Å². The highest BCUT2D eigenvalue weighted by molar-refractivity contribution is 6.31. The molecule has 1 amide bonds. The summed E-state index contributed by atoms with van der Waals surface area (Å²) in [6.07, 6.45) is -1.58. The van der Waals surface area contributed by atoms with Crippen LogP contribution in [0.3, 0.4) is 0 Å². The van der Waals surface area contributed by atoms with Gasteiger partial charge in [-0.1, -0.05) is 60.1 Å². The first-order valence-corrected chi connectivity index (χ1v) is 9.20.